The number of rotatable bonds is 4. The number of hydrogen-bond acceptors (Lipinski definition) is 5. The predicted octanol–water partition coefficient (Wildman–Crippen LogP) is 6.82. The second-order valence-corrected chi connectivity index (χ2v) is 9.28. The largest absolute Gasteiger partial charge is 0.495 e. The summed E-state index contributed by atoms with van der Waals surface area (Å²) in [6, 6.07) is 13.0. The lowest BCUT2D eigenvalue weighted by molar-refractivity contribution is -0.123. The van der Waals surface area contributed by atoms with Crippen molar-refractivity contribution in [2.75, 3.05) is 19.0 Å². The van der Waals surface area contributed by atoms with Gasteiger partial charge in [-0.15, -0.1) is 0 Å². The summed E-state index contributed by atoms with van der Waals surface area (Å²) in [5.41, 5.74) is 6.86. The Kier molecular flexibility index (Phi) is 6.96. The van der Waals surface area contributed by atoms with Crippen LogP contribution in [0.1, 0.15) is 42.5 Å². The van der Waals surface area contributed by atoms with Gasteiger partial charge in [0.1, 0.15) is 22.9 Å². The molecule has 2 heterocycles. The topological polar surface area (TPSA) is 46.1 Å². The molecule has 8 heteroatoms. The number of aliphatic imine (C=N–C) groups is 1. The molecule has 2 aliphatic heterocycles. The second-order valence-electron chi connectivity index (χ2n) is 9.28. The van der Waals surface area contributed by atoms with Crippen LogP contribution in [0.3, 0.4) is 0 Å². The van der Waals surface area contributed by atoms with Gasteiger partial charge in [-0.3, -0.25) is 4.84 Å². The number of ether oxygens (including phenoxy) is 1. The average molecular weight is 508 g/mol. The van der Waals surface area contributed by atoms with Crippen molar-refractivity contribution >= 4 is 11.5 Å². The van der Waals surface area contributed by atoms with Crippen LogP contribution in [0.4, 0.5) is 18.9 Å². The summed E-state index contributed by atoms with van der Waals surface area (Å²) >= 11 is 0. The van der Waals surface area contributed by atoms with Crippen LogP contribution in [-0.2, 0) is 17.7 Å². The van der Waals surface area contributed by atoms with Crippen molar-refractivity contribution in [2.45, 2.75) is 44.8 Å². The third-order valence-corrected chi connectivity index (χ3v) is 6.71. The molecule has 1 fully saturated rings. The number of amidine groups is 1. The molecular formula is C29H28F3N3O2. The highest BCUT2D eigenvalue weighted by Gasteiger charge is 2.42. The number of alkyl halides is 3. The monoisotopic (exact) mass is 507 g/mol. The average Bonchev–Trinajstić information content (AvgIpc) is 3.16. The molecule has 5 nitrogen and oxygen atoms in total. The van der Waals surface area contributed by atoms with Gasteiger partial charge in [-0.1, -0.05) is 47.7 Å². The van der Waals surface area contributed by atoms with Gasteiger partial charge < -0.3 is 10.1 Å². The highest BCUT2D eigenvalue weighted by molar-refractivity contribution is 6.05. The number of hydrogen-bond donors (Lipinski definition) is 1. The summed E-state index contributed by atoms with van der Waals surface area (Å²) in [7, 11) is 1.58. The van der Waals surface area contributed by atoms with Crippen molar-refractivity contribution in [2.24, 2.45) is 4.99 Å². The fourth-order valence-electron chi connectivity index (χ4n) is 4.89. The van der Waals surface area contributed by atoms with E-state index in [1.165, 1.54) is 22.3 Å². The summed E-state index contributed by atoms with van der Waals surface area (Å²) in [5.74, 6) is 0.821. The van der Waals surface area contributed by atoms with E-state index in [-0.39, 0.29) is 17.6 Å². The Balaban J connectivity index is 1.51. The van der Waals surface area contributed by atoms with Gasteiger partial charge in [0.15, 0.2) is 0 Å². The number of hydroxylamine groups is 2. The summed E-state index contributed by atoms with van der Waals surface area (Å²) < 4.78 is 48.0. The quantitative estimate of drug-likeness (QED) is 0.365. The van der Waals surface area contributed by atoms with E-state index in [4.69, 9.17) is 9.57 Å². The molecule has 0 saturated carbocycles. The van der Waals surface area contributed by atoms with Crippen LogP contribution in [0.15, 0.2) is 88.4 Å². The Morgan fingerprint density at radius 3 is 2.73 bits per heavy atom. The first-order valence-electron chi connectivity index (χ1n) is 12.3. The molecule has 0 bridgehead atoms. The van der Waals surface area contributed by atoms with Crippen LogP contribution in [0.2, 0.25) is 0 Å². The number of allylic oxidation sites excluding steroid dienone is 2. The number of nitrogens with one attached hydrogen (secondary N) is 1. The number of fused-ring (bicyclic) bond motifs is 1. The standard InChI is InChI=1S/C29H28F3N3O2/c1-19-7-6-10-21-17-27(36-2)24(16-22(21)15-19)34-28-12-11-26(23(18-33-28)29(30,31)32)35-25(13-14-37-35)20-8-4-3-5-9-20/h3-5,7-9,12,16-18,25H,6,10,13-15H2,1-2H3,(H,33,34). The molecule has 192 valence electrons. The zero-order valence-corrected chi connectivity index (χ0v) is 20.7. The maximum absolute atomic E-state index is 14.2. The molecule has 1 N–H and O–H groups in total. The fraction of sp³-hybridized carbons (Fsp3) is 0.310. The molecule has 0 radical (unpaired) electrons. The molecular weight excluding hydrogens is 479 g/mol. The van der Waals surface area contributed by atoms with E-state index >= 15 is 0 Å². The number of halogens is 3. The number of aryl methyl sites for hydroxylation is 1. The van der Waals surface area contributed by atoms with Crippen molar-refractivity contribution in [3.05, 3.63) is 100 Å². The molecule has 2 aromatic carbocycles. The van der Waals surface area contributed by atoms with Crippen LogP contribution in [-0.4, -0.2) is 30.8 Å². The molecule has 3 aliphatic rings. The number of benzene rings is 2. The molecule has 1 aliphatic carbocycles. The minimum Gasteiger partial charge on any atom is -0.495 e. The maximum Gasteiger partial charge on any atom is 0.420 e. The van der Waals surface area contributed by atoms with Crippen LogP contribution in [0.5, 0.6) is 5.75 Å². The van der Waals surface area contributed by atoms with Gasteiger partial charge in [-0.25, -0.2) is 10.1 Å². The highest BCUT2D eigenvalue weighted by atomic mass is 19.4. The van der Waals surface area contributed by atoms with Crippen molar-refractivity contribution in [1.29, 1.82) is 0 Å². The Hall–Kier alpha value is -3.74. The van der Waals surface area contributed by atoms with Crippen molar-refractivity contribution in [1.82, 2.24) is 5.06 Å². The zero-order chi connectivity index (χ0) is 26.0. The van der Waals surface area contributed by atoms with E-state index in [0.29, 0.717) is 24.5 Å². The molecule has 2 aromatic rings. The summed E-state index contributed by atoms with van der Waals surface area (Å²) in [6.45, 7) is 2.41. The second kappa shape index (κ2) is 10.3. The lowest BCUT2D eigenvalue weighted by Gasteiger charge is -2.27. The van der Waals surface area contributed by atoms with Crippen LogP contribution < -0.4 is 10.1 Å². The summed E-state index contributed by atoms with van der Waals surface area (Å²) in [4.78, 5) is 9.83. The smallest absolute Gasteiger partial charge is 0.420 e. The predicted molar refractivity (Wildman–Crippen MR) is 137 cm³/mol. The zero-order valence-electron chi connectivity index (χ0n) is 20.7. The van der Waals surface area contributed by atoms with Crippen molar-refractivity contribution in [3.63, 3.8) is 0 Å². The van der Waals surface area contributed by atoms with Gasteiger partial charge >= 0.3 is 6.18 Å². The molecule has 5 rings (SSSR count). The minimum atomic E-state index is -4.64. The molecule has 0 spiro atoms. The summed E-state index contributed by atoms with van der Waals surface area (Å²) in [5, 5.41) is 4.46. The van der Waals surface area contributed by atoms with Crippen molar-refractivity contribution in [3.8, 4) is 5.75 Å². The third-order valence-electron chi connectivity index (χ3n) is 6.71. The first-order valence-corrected chi connectivity index (χ1v) is 12.3. The number of methoxy groups -OCH3 is 1. The van der Waals surface area contributed by atoms with Gasteiger partial charge in [0.25, 0.3) is 0 Å². The van der Waals surface area contributed by atoms with E-state index in [0.717, 1.165) is 36.6 Å². The molecule has 0 aromatic heterocycles. The Morgan fingerprint density at radius 1 is 1.16 bits per heavy atom. The van der Waals surface area contributed by atoms with Gasteiger partial charge in [0.05, 0.1) is 25.4 Å². The van der Waals surface area contributed by atoms with Crippen LogP contribution >= 0.6 is 0 Å². The Labute approximate surface area is 214 Å². The van der Waals surface area contributed by atoms with Crippen LogP contribution in [0.25, 0.3) is 0 Å². The molecule has 1 saturated heterocycles. The molecule has 0 amide bonds. The van der Waals surface area contributed by atoms with E-state index in [2.05, 4.69) is 29.0 Å². The first-order chi connectivity index (χ1) is 17.8. The summed E-state index contributed by atoms with van der Waals surface area (Å²) in [6.07, 6.45) is 3.09. The third kappa shape index (κ3) is 5.36. The number of anilines is 1. The van der Waals surface area contributed by atoms with Crippen LogP contribution in [0, 0.1) is 0 Å². The lowest BCUT2D eigenvalue weighted by Crippen LogP contribution is -2.27. The fourth-order valence-corrected chi connectivity index (χ4v) is 4.89. The molecule has 37 heavy (non-hydrogen) atoms. The molecule has 1 atom stereocenters. The van der Waals surface area contributed by atoms with E-state index < -0.39 is 11.7 Å². The highest BCUT2D eigenvalue weighted by Crippen LogP contribution is 2.41. The first kappa shape index (κ1) is 24.9. The van der Waals surface area contributed by atoms with Gasteiger partial charge in [-0.05, 0) is 55.0 Å². The molecule has 1 unspecified atom stereocenters. The van der Waals surface area contributed by atoms with Gasteiger partial charge in [0, 0.05) is 18.7 Å². The van der Waals surface area contributed by atoms with Gasteiger partial charge in [-0.2, -0.15) is 13.2 Å². The van der Waals surface area contributed by atoms with E-state index in [1.54, 1.807) is 7.11 Å². The Bertz CT molecular complexity index is 1340. The SMILES string of the molecule is COc1cc2c(cc1NC1=NC=C(C(F)(F)F)C(N3OCCC3c3ccccc3)=C=C1)CC(C)=CCC2. The van der Waals surface area contributed by atoms with Crippen molar-refractivity contribution < 1.29 is 22.7 Å². The van der Waals surface area contributed by atoms with E-state index in [9.17, 15) is 13.2 Å². The number of nitrogens with zero attached hydrogens (tertiary/aromatic N) is 2. The lowest BCUT2D eigenvalue weighted by atomic mass is 9.99. The minimum absolute atomic E-state index is 0.200. The normalized spacial score (nSPS) is 19.7. The maximum atomic E-state index is 14.2. The van der Waals surface area contributed by atoms with Gasteiger partial charge in [0.2, 0.25) is 0 Å². The Morgan fingerprint density at radius 2 is 1.97 bits per heavy atom. The van der Waals surface area contributed by atoms with E-state index in [1.807, 2.05) is 42.5 Å².